The van der Waals surface area contributed by atoms with E-state index in [0.29, 0.717) is 22.9 Å². The van der Waals surface area contributed by atoms with E-state index in [0.717, 1.165) is 16.7 Å². The molecule has 0 spiro atoms. The van der Waals surface area contributed by atoms with Crippen LogP contribution in [0.2, 0.25) is 0 Å². The van der Waals surface area contributed by atoms with Crippen LogP contribution < -0.4 is 19.9 Å². The van der Waals surface area contributed by atoms with Crippen LogP contribution in [0.15, 0.2) is 42.5 Å². The number of methoxy groups -OCH3 is 3. The third-order valence-electron chi connectivity index (χ3n) is 3.42. The zero-order valence-electron chi connectivity index (χ0n) is 13.3. The number of nitriles is 1. The number of hydrogen-bond acceptors (Lipinski definition) is 5. The zero-order valence-corrected chi connectivity index (χ0v) is 13.3. The molecule has 2 aromatic carbocycles. The molecule has 0 bridgehead atoms. The Labute approximate surface area is 135 Å². The molecule has 2 aromatic rings. The molecule has 0 amide bonds. The van der Waals surface area contributed by atoms with E-state index in [9.17, 15) is 0 Å². The lowest BCUT2D eigenvalue weighted by atomic mass is 9.96. The molecule has 0 radical (unpaired) electrons. The first-order valence-electron chi connectivity index (χ1n) is 6.90. The first-order chi connectivity index (χ1) is 11.1. The highest BCUT2D eigenvalue weighted by Crippen LogP contribution is 2.33. The summed E-state index contributed by atoms with van der Waals surface area (Å²) in [5.41, 5.74) is 8.73. The van der Waals surface area contributed by atoms with Gasteiger partial charge in [-0.2, -0.15) is 5.26 Å². The van der Waals surface area contributed by atoms with Crippen LogP contribution in [0.3, 0.4) is 0 Å². The van der Waals surface area contributed by atoms with Crippen LogP contribution in [0.5, 0.6) is 17.2 Å². The van der Waals surface area contributed by atoms with E-state index in [1.54, 1.807) is 39.5 Å². The van der Waals surface area contributed by atoms with Gasteiger partial charge in [-0.3, -0.25) is 0 Å². The molecular formula is C18H18N2O3. The number of benzene rings is 2. The van der Waals surface area contributed by atoms with Gasteiger partial charge in [-0.15, -0.1) is 0 Å². The van der Waals surface area contributed by atoms with Crippen molar-refractivity contribution >= 4 is 11.3 Å². The van der Waals surface area contributed by atoms with Crippen LogP contribution in [-0.4, -0.2) is 21.3 Å². The Morgan fingerprint density at radius 1 is 0.957 bits per heavy atom. The molecule has 5 nitrogen and oxygen atoms in total. The average molecular weight is 310 g/mol. The third kappa shape index (κ3) is 3.55. The summed E-state index contributed by atoms with van der Waals surface area (Å²) in [6, 6.07) is 12.9. The van der Waals surface area contributed by atoms with Crippen molar-refractivity contribution in [1.82, 2.24) is 0 Å². The number of nitrogens with zero attached hydrogens (tertiary/aromatic N) is 1. The Morgan fingerprint density at radius 2 is 1.61 bits per heavy atom. The van der Waals surface area contributed by atoms with Crippen LogP contribution in [0.1, 0.15) is 11.1 Å². The summed E-state index contributed by atoms with van der Waals surface area (Å²) in [6.07, 6.45) is 1.47. The van der Waals surface area contributed by atoms with Gasteiger partial charge in [0.15, 0.2) is 0 Å². The standard InChI is InChI=1S/C18H18N2O3/c1-21-14-8-13(9-15(11-14)22-2)16(6-7-19)12-4-5-17(20)18(10-12)23-3/h4-6,8-11H,20H2,1-3H3/b16-6+. The summed E-state index contributed by atoms with van der Waals surface area (Å²) in [5, 5.41) is 9.15. The molecule has 0 fully saturated rings. The Kier molecular flexibility index (Phi) is 5.11. The number of ether oxygens (including phenoxy) is 3. The van der Waals surface area contributed by atoms with Crippen LogP contribution in [0.4, 0.5) is 5.69 Å². The number of rotatable bonds is 5. The van der Waals surface area contributed by atoms with Crippen molar-refractivity contribution < 1.29 is 14.2 Å². The van der Waals surface area contributed by atoms with Crippen LogP contribution in [-0.2, 0) is 0 Å². The van der Waals surface area contributed by atoms with Crippen molar-refractivity contribution in [2.45, 2.75) is 0 Å². The highest BCUT2D eigenvalue weighted by atomic mass is 16.5. The molecule has 23 heavy (non-hydrogen) atoms. The number of hydrogen-bond donors (Lipinski definition) is 1. The molecule has 0 aliphatic heterocycles. The summed E-state index contributed by atoms with van der Waals surface area (Å²) in [7, 11) is 4.72. The summed E-state index contributed by atoms with van der Waals surface area (Å²) in [5.74, 6) is 1.84. The molecule has 0 heterocycles. The SMILES string of the molecule is COc1cc(OC)cc(/C(=C/C#N)c2ccc(N)c(OC)c2)c1. The molecule has 0 saturated heterocycles. The van der Waals surface area contributed by atoms with Crippen LogP contribution >= 0.6 is 0 Å². The molecule has 118 valence electrons. The van der Waals surface area contributed by atoms with E-state index in [1.807, 2.05) is 18.2 Å². The third-order valence-corrected chi connectivity index (χ3v) is 3.42. The first-order valence-corrected chi connectivity index (χ1v) is 6.90. The van der Waals surface area contributed by atoms with Crippen LogP contribution in [0.25, 0.3) is 5.57 Å². The van der Waals surface area contributed by atoms with E-state index in [4.69, 9.17) is 25.2 Å². The Morgan fingerprint density at radius 3 is 2.13 bits per heavy atom. The molecule has 0 aromatic heterocycles. The van der Waals surface area contributed by atoms with Gasteiger partial charge in [0.2, 0.25) is 0 Å². The number of anilines is 1. The van der Waals surface area contributed by atoms with E-state index < -0.39 is 0 Å². The Bertz CT molecular complexity index is 754. The molecule has 0 unspecified atom stereocenters. The predicted molar refractivity (Wildman–Crippen MR) is 89.6 cm³/mol. The second-order valence-electron chi connectivity index (χ2n) is 4.75. The van der Waals surface area contributed by atoms with Crippen molar-refractivity contribution in [3.8, 4) is 23.3 Å². The van der Waals surface area contributed by atoms with E-state index in [-0.39, 0.29) is 0 Å². The molecular weight excluding hydrogens is 292 g/mol. The fourth-order valence-electron chi connectivity index (χ4n) is 2.24. The van der Waals surface area contributed by atoms with Gasteiger partial charge >= 0.3 is 0 Å². The van der Waals surface area contributed by atoms with Crippen LogP contribution in [0, 0.1) is 11.3 Å². The van der Waals surface area contributed by atoms with Gasteiger partial charge in [-0.05, 0) is 41.0 Å². The molecule has 0 saturated carbocycles. The predicted octanol–water partition coefficient (Wildman–Crippen LogP) is 3.25. The highest BCUT2D eigenvalue weighted by molar-refractivity contribution is 5.83. The fraction of sp³-hybridized carbons (Fsp3) is 0.167. The fourth-order valence-corrected chi connectivity index (χ4v) is 2.24. The summed E-state index contributed by atoms with van der Waals surface area (Å²) in [4.78, 5) is 0. The molecule has 2 rings (SSSR count). The first kappa shape index (κ1) is 16.2. The maximum Gasteiger partial charge on any atom is 0.142 e. The summed E-state index contributed by atoms with van der Waals surface area (Å²) in [6.45, 7) is 0. The topological polar surface area (TPSA) is 77.5 Å². The number of nitrogens with two attached hydrogens (primary N) is 1. The molecule has 0 atom stereocenters. The van der Waals surface area contributed by atoms with Gasteiger partial charge < -0.3 is 19.9 Å². The lowest BCUT2D eigenvalue weighted by Crippen LogP contribution is -1.96. The summed E-state index contributed by atoms with van der Waals surface area (Å²) < 4.78 is 15.8. The van der Waals surface area contributed by atoms with Crippen molar-refractivity contribution in [2.75, 3.05) is 27.1 Å². The average Bonchev–Trinajstić information content (AvgIpc) is 2.59. The van der Waals surface area contributed by atoms with Gasteiger partial charge in [-0.1, -0.05) is 6.07 Å². The monoisotopic (exact) mass is 310 g/mol. The van der Waals surface area contributed by atoms with E-state index in [1.165, 1.54) is 6.08 Å². The maximum atomic E-state index is 9.15. The minimum atomic E-state index is 0.538. The smallest absolute Gasteiger partial charge is 0.142 e. The Hall–Kier alpha value is -3.13. The van der Waals surface area contributed by atoms with Gasteiger partial charge in [0.25, 0.3) is 0 Å². The van der Waals surface area contributed by atoms with Gasteiger partial charge in [0.1, 0.15) is 17.2 Å². The molecule has 0 aliphatic rings. The number of allylic oxidation sites excluding steroid dienone is 1. The Balaban J connectivity index is 2.60. The second-order valence-corrected chi connectivity index (χ2v) is 4.75. The van der Waals surface area contributed by atoms with Gasteiger partial charge in [0, 0.05) is 12.1 Å². The maximum absolute atomic E-state index is 9.15. The number of nitrogen functional groups attached to an aromatic ring is 1. The van der Waals surface area contributed by atoms with Crippen molar-refractivity contribution in [3.63, 3.8) is 0 Å². The minimum Gasteiger partial charge on any atom is -0.497 e. The van der Waals surface area contributed by atoms with Crippen molar-refractivity contribution in [1.29, 1.82) is 5.26 Å². The second kappa shape index (κ2) is 7.23. The largest absolute Gasteiger partial charge is 0.497 e. The quantitative estimate of drug-likeness (QED) is 0.677. The zero-order chi connectivity index (χ0) is 16.8. The van der Waals surface area contributed by atoms with Crippen molar-refractivity contribution in [3.05, 3.63) is 53.6 Å². The van der Waals surface area contributed by atoms with Crippen molar-refractivity contribution in [2.24, 2.45) is 0 Å². The molecule has 5 heteroatoms. The summed E-state index contributed by atoms with van der Waals surface area (Å²) >= 11 is 0. The minimum absolute atomic E-state index is 0.538. The lowest BCUT2D eigenvalue weighted by Gasteiger charge is -2.13. The van der Waals surface area contributed by atoms with Gasteiger partial charge in [0.05, 0.1) is 33.1 Å². The normalized spacial score (nSPS) is 10.8. The van der Waals surface area contributed by atoms with E-state index >= 15 is 0 Å². The van der Waals surface area contributed by atoms with Gasteiger partial charge in [-0.25, -0.2) is 0 Å². The van der Waals surface area contributed by atoms with E-state index in [2.05, 4.69) is 6.07 Å². The molecule has 2 N–H and O–H groups in total. The lowest BCUT2D eigenvalue weighted by molar-refractivity contribution is 0.394. The molecule has 0 aliphatic carbocycles. The highest BCUT2D eigenvalue weighted by Gasteiger charge is 2.11.